The molecule has 2 amide bonds. The highest BCUT2D eigenvalue weighted by Crippen LogP contribution is 2.30. The highest BCUT2D eigenvalue weighted by Gasteiger charge is 2.36. The molecule has 5 heteroatoms. The highest BCUT2D eigenvalue weighted by atomic mass is 16.2. The van der Waals surface area contributed by atoms with E-state index in [1.807, 2.05) is 0 Å². The summed E-state index contributed by atoms with van der Waals surface area (Å²) in [5, 5.41) is 6.32. The number of urea groups is 1. The minimum atomic E-state index is -0.378. The summed E-state index contributed by atoms with van der Waals surface area (Å²) in [5.41, 5.74) is 5.23. The van der Waals surface area contributed by atoms with Crippen LogP contribution < -0.4 is 16.4 Å². The second-order valence-electron chi connectivity index (χ2n) is 5.00. The zero-order chi connectivity index (χ0) is 11.4. The number of nitrogens with one attached hydrogen (secondary N) is 2. The maximum Gasteiger partial charge on any atom is 0.312 e. The first-order chi connectivity index (χ1) is 7.70. The fraction of sp³-hybridized carbons (Fsp3) is 0.909. The molecular weight excluding hydrogens is 204 g/mol. The lowest BCUT2D eigenvalue weighted by Crippen LogP contribution is -2.58. The smallest absolute Gasteiger partial charge is 0.312 e. The fourth-order valence-corrected chi connectivity index (χ4v) is 2.93. The highest BCUT2D eigenvalue weighted by molar-refractivity contribution is 5.72. The van der Waals surface area contributed by atoms with Gasteiger partial charge in [0.25, 0.3) is 0 Å². The normalized spacial score (nSPS) is 25.5. The van der Waals surface area contributed by atoms with Crippen molar-refractivity contribution in [2.45, 2.75) is 31.2 Å². The van der Waals surface area contributed by atoms with E-state index in [0.717, 1.165) is 45.6 Å². The minimum Gasteiger partial charge on any atom is -0.352 e. The van der Waals surface area contributed by atoms with Gasteiger partial charge in [0.2, 0.25) is 0 Å². The zero-order valence-corrected chi connectivity index (χ0v) is 9.80. The third-order valence-electron chi connectivity index (χ3n) is 3.68. The Kier molecular flexibility index (Phi) is 3.66. The molecule has 1 heterocycles. The van der Waals surface area contributed by atoms with Gasteiger partial charge >= 0.3 is 6.03 Å². The van der Waals surface area contributed by atoms with Crippen LogP contribution in [0.5, 0.6) is 0 Å². The van der Waals surface area contributed by atoms with E-state index in [2.05, 4.69) is 15.5 Å². The molecule has 1 aliphatic heterocycles. The van der Waals surface area contributed by atoms with Crippen LogP contribution in [0.3, 0.4) is 0 Å². The Morgan fingerprint density at radius 2 is 1.94 bits per heavy atom. The molecule has 0 unspecified atom stereocenters. The van der Waals surface area contributed by atoms with E-state index in [0.29, 0.717) is 0 Å². The summed E-state index contributed by atoms with van der Waals surface area (Å²) in [6, 6.07) is -0.378. The van der Waals surface area contributed by atoms with Crippen LogP contribution in [0.2, 0.25) is 0 Å². The number of hydrogen-bond acceptors (Lipinski definition) is 3. The maximum absolute atomic E-state index is 11.1. The second kappa shape index (κ2) is 5.01. The molecule has 92 valence electrons. The summed E-state index contributed by atoms with van der Waals surface area (Å²) in [4.78, 5) is 13.5. The van der Waals surface area contributed by atoms with Gasteiger partial charge in [-0.3, -0.25) is 4.90 Å². The Morgan fingerprint density at radius 3 is 2.50 bits per heavy atom. The standard InChI is InChI=1S/C11H22N4O/c12-10(16)14-11(3-1-2-4-11)9-15-7-5-13-6-8-15/h13H,1-9H2,(H3,12,14,16). The molecule has 0 aromatic carbocycles. The Hall–Kier alpha value is -0.810. The van der Waals surface area contributed by atoms with Crippen molar-refractivity contribution >= 4 is 6.03 Å². The molecule has 4 N–H and O–H groups in total. The van der Waals surface area contributed by atoms with Crippen molar-refractivity contribution < 1.29 is 4.79 Å². The average molecular weight is 226 g/mol. The van der Waals surface area contributed by atoms with Crippen LogP contribution in [0.4, 0.5) is 4.79 Å². The summed E-state index contributed by atoms with van der Waals surface area (Å²) < 4.78 is 0. The predicted octanol–water partition coefficient (Wildman–Crippen LogP) is -0.127. The molecule has 2 aliphatic rings. The number of piperazine rings is 1. The molecule has 1 saturated heterocycles. The number of carbonyl (C=O) groups is 1. The lowest BCUT2D eigenvalue weighted by molar-refractivity contribution is 0.165. The Balaban J connectivity index is 1.93. The molecule has 0 spiro atoms. The topological polar surface area (TPSA) is 70.4 Å². The molecule has 1 aliphatic carbocycles. The lowest BCUT2D eigenvalue weighted by Gasteiger charge is -2.37. The number of carbonyl (C=O) groups excluding carboxylic acids is 1. The fourth-order valence-electron chi connectivity index (χ4n) is 2.93. The number of nitrogens with zero attached hydrogens (tertiary/aromatic N) is 1. The molecule has 1 saturated carbocycles. The van der Waals surface area contributed by atoms with Crippen molar-refractivity contribution in [2.75, 3.05) is 32.7 Å². The molecule has 0 aromatic rings. The van der Waals surface area contributed by atoms with Crippen LogP contribution >= 0.6 is 0 Å². The molecule has 16 heavy (non-hydrogen) atoms. The number of primary amides is 1. The monoisotopic (exact) mass is 226 g/mol. The van der Waals surface area contributed by atoms with Crippen LogP contribution in [0.15, 0.2) is 0 Å². The number of hydrogen-bond donors (Lipinski definition) is 3. The van der Waals surface area contributed by atoms with Crippen molar-refractivity contribution in [3.8, 4) is 0 Å². The van der Waals surface area contributed by atoms with Crippen molar-refractivity contribution in [3.63, 3.8) is 0 Å². The third kappa shape index (κ3) is 2.86. The van der Waals surface area contributed by atoms with Crippen LogP contribution in [0.25, 0.3) is 0 Å². The SMILES string of the molecule is NC(=O)NC1(CN2CCNCC2)CCCC1. The van der Waals surface area contributed by atoms with E-state index < -0.39 is 0 Å². The number of amides is 2. The van der Waals surface area contributed by atoms with E-state index in [-0.39, 0.29) is 11.6 Å². The maximum atomic E-state index is 11.1. The number of nitrogens with two attached hydrogens (primary N) is 1. The van der Waals surface area contributed by atoms with Gasteiger partial charge in [-0.15, -0.1) is 0 Å². The van der Waals surface area contributed by atoms with Crippen molar-refractivity contribution in [1.29, 1.82) is 0 Å². The molecular formula is C11H22N4O. The van der Waals surface area contributed by atoms with Gasteiger partial charge in [-0.25, -0.2) is 4.79 Å². The Morgan fingerprint density at radius 1 is 1.31 bits per heavy atom. The van der Waals surface area contributed by atoms with Gasteiger partial charge in [-0.2, -0.15) is 0 Å². The molecule has 0 bridgehead atoms. The lowest BCUT2D eigenvalue weighted by atomic mass is 9.96. The second-order valence-corrected chi connectivity index (χ2v) is 5.00. The van der Waals surface area contributed by atoms with Crippen molar-refractivity contribution in [2.24, 2.45) is 5.73 Å². The molecule has 5 nitrogen and oxygen atoms in total. The Labute approximate surface area is 96.7 Å². The van der Waals surface area contributed by atoms with Gasteiger partial charge in [0.1, 0.15) is 0 Å². The van der Waals surface area contributed by atoms with Crippen molar-refractivity contribution in [1.82, 2.24) is 15.5 Å². The van der Waals surface area contributed by atoms with Gasteiger partial charge < -0.3 is 16.4 Å². The number of rotatable bonds is 3. The van der Waals surface area contributed by atoms with Gasteiger partial charge in [-0.1, -0.05) is 12.8 Å². The van der Waals surface area contributed by atoms with E-state index >= 15 is 0 Å². The van der Waals surface area contributed by atoms with Gasteiger partial charge in [0.05, 0.1) is 5.54 Å². The van der Waals surface area contributed by atoms with E-state index in [4.69, 9.17) is 5.73 Å². The van der Waals surface area contributed by atoms with Gasteiger partial charge in [-0.05, 0) is 12.8 Å². The summed E-state index contributed by atoms with van der Waals surface area (Å²) >= 11 is 0. The van der Waals surface area contributed by atoms with E-state index in [1.165, 1.54) is 12.8 Å². The molecule has 2 rings (SSSR count). The van der Waals surface area contributed by atoms with E-state index in [9.17, 15) is 4.79 Å². The van der Waals surface area contributed by atoms with Crippen molar-refractivity contribution in [3.05, 3.63) is 0 Å². The first-order valence-electron chi connectivity index (χ1n) is 6.21. The van der Waals surface area contributed by atoms with Crippen LogP contribution in [0.1, 0.15) is 25.7 Å². The van der Waals surface area contributed by atoms with Crippen LogP contribution in [-0.2, 0) is 0 Å². The first kappa shape index (κ1) is 11.7. The molecule has 0 atom stereocenters. The molecule has 0 radical (unpaired) electrons. The summed E-state index contributed by atoms with van der Waals surface area (Å²) in [6.07, 6.45) is 4.54. The Bertz CT molecular complexity index is 244. The van der Waals surface area contributed by atoms with Gasteiger partial charge in [0.15, 0.2) is 0 Å². The molecule has 2 fully saturated rings. The van der Waals surface area contributed by atoms with Crippen LogP contribution in [-0.4, -0.2) is 49.2 Å². The quantitative estimate of drug-likeness (QED) is 0.628. The summed E-state index contributed by atoms with van der Waals surface area (Å²) in [7, 11) is 0. The first-order valence-corrected chi connectivity index (χ1v) is 6.21. The summed E-state index contributed by atoms with van der Waals surface area (Å²) in [6.45, 7) is 5.20. The van der Waals surface area contributed by atoms with Gasteiger partial charge in [0, 0.05) is 32.7 Å². The average Bonchev–Trinajstić information content (AvgIpc) is 2.66. The minimum absolute atomic E-state index is 0.0524. The third-order valence-corrected chi connectivity index (χ3v) is 3.68. The largest absolute Gasteiger partial charge is 0.352 e. The predicted molar refractivity (Wildman–Crippen MR) is 63.2 cm³/mol. The van der Waals surface area contributed by atoms with E-state index in [1.54, 1.807) is 0 Å². The summed E-state index contributed by atoms with van der Waals surface area (Å²) in [5.74, 6) is 0. The zero-order valence-electron chi connectivity index (χ0n) is 9.80. The molecule has 0 aromatic heterocycles. The van der Waals surface area contributed by atoms with Crippen LogP contribution in [0, 0.1) is 0 Å².